The number of phosphoric ester groups is 1. The number of hydrogen-bond acceptors (Lipinski definition) is 7. The number of esters is 2. The summed E-state index contributed by atoms with van der Waals surface area (Å²) in [6, 6.07) is 0. The fourth-order valence-electron chi connectivity index (χ4n) is 9.66. The molecule has 2 atom stereocenters. The molecule has 0 saturated heterocycles. The number of ether oxygens (including phenoxy) is 2. The molecule has 0 aromatic rings. The molecule has 0 aliphatic heterocycles. The lowest BCUT2D eigenvalue weighted by atomic mass is 10.0. The van der Waals surface area contributed by atoms with Gasteiger partial charge in [0.05, 0.1) is 27.7 Å². The predicted octanol–water partition coefficient (Wildman–Crippen LogP) is 22.2. The molecule has 0 rings (SSSR count). The van der Waals surface area contributed by atoms with Crippen LogP contribution in [0.4, 0.5) is 0 Å². The van der Waals surface area contributed by atoms with Crippen molar-refractivity contribution in [2.24, 2.45) is 0 Å². The van der Waals surface area contributed by atoms with E-state index in [2.05, 4.69) is 98.9 Å². The Morgan fingerprint density at radius 3 is 1.04 bits per heavy atom. The summed E-state index contributed by atoms with van der Waals surface area (Å²) in [5, 5.41) is 0. The Hall–Kier alpha value is -2.81. The average molecular weight is 1170 g/mol. The van der Waals surface area contributed by atoms with Gasteiger partial charge in [-0.3, -0.25) is 18.6 Å². The zero-order chi connectivity index (χ0) is 59.8. The highest BCUT2D eigenvalue weighted by molar-refractivity contribution is 7.47. The van der Waals surface area contributed by atoms with E-state index in [9.17, 15) is 19.0 Å². The number of quaternary nitrogens is 1. The quantitative estimate of drug-likeness (QED) is 0.0211. The molecule has 0 fully saturated rings. The van der Waals surface area contributed by atoms with Gasteiger partial charge in [0.15, 0.2) is 6.10 Å². The Kier molecular flexibility index (Phi) is 60.6. The summed E-state index contributed by atoms with van der Waals surface area (Å²) in [6.45, 7) is 4.34. The predicted molar refractivity (Wildman–Crippen MR) is 353 cm³/mol. The second kappa shape index (κ2) is 62.7. The summed E-state index contributed by atoms with van der Waals surface area (Å²) in [6.07, 6.45) is 85.4. The highest BCUT2D eigenvalue weighted by Gasteiger charge is 2.27. The van der Waals surface area contributed by atoms with Crippen LogP contribution in [0, 0.1) is 0 Å². The second-order valence-corrected chi connectivity index (χ2v) is 25.6. The number of likely N-dealkylation sites (N-methyl/N-ethyl adjacent to an activating group) is 1. The molecule has 0 heterocycles. The smallest absolute Gasteiger partial charge is 0.462 e. The summed E-state index contributed by atoms with van der Waals surface area (Å²) in [4.78, 5) is 35.8. The maximum absolute atomic E-state index is 12.9. The zero-order valence-corrected chi connectivity index (χ0v) is 55.1. The maximum atomic E-state index is 12.9. The van der Waals surface area contributed by atoms with Gasteiger partial charge in [-0.2, -0.15) is 0 Å². The molecule has 0 saturated carbocycles. The monoisotopic (exact) mass is 1170 g/mol. The third kappa shape index (κ3) is 66.3. The molecule has 82 heavy (non-hydrogen) atoms. The van der Waals surface area contributed by atoms with E-state index in [4.69, 9.17) is 18.5 Å². The number of carbonyl (C=O) groups excluding carboxylic acids is 2. The Morgan fingerprint density at radius 1 is 0.390 bits per heavy atom. The first-order valence-corrected chi connectivity index (χ1v) is 35.8. The number of rotatable bonds is 63. The van der Waals surface area contributed by atoms with Crippen molar-refractivity contribution >= 4 is 19.8 Å². The molecular formula is C72H131NO8P+. The molecule has 0 spiro atoms. The molecule has 0 aromatic heterocycles. The Morgan fingerprint density at radius 2 is 0.695 bits per heavy atom. The number of carbonyl (C=O) groups is 2. The van der Waals surface area contributed by atoms with Crippen LogP contribution in [-0.2, 0) is 32.7 Å². The molecular weight excluding hydrogens is 1040 g/mol. The van der Waals surface area contributed by atoms with Gasteiger partial charge in [-0.15, -0.1) is 0 Å². The molecule has 0 radical (unpaired) electrons. The molecule has 0 bridgehead atoms. The van der Waals surface area contributed by atoms with E-state index in [1.54, 1.807) is 0 Å². The fourth-order valence-corrected chi connectivity index (χ4v) is 10.4. The van der Waals surface area contributed by atoms with Gasteiger partial charge >= 0.3 is 19.8 Å². The molecule has 2 unspecified atom stereocenters. The first-order chi connectivity index (χ1) is 40.0. The van der Waals surface area contributed by atoms with E-state index >= 15 is 0 Å². The van der Waals surface area contributed by atoms with Gasteiger partial charge in [0.2, 0.25) is 0 Å². The first kappa shape index (κ1) is 79.2. The van der Waals surface area contributed by atoms with Crippen LogP contribution >= 0.6 is 7.82 Å². The summed E-state index contributed by atoms with van der Waals surface area (Å²) in [7, 11) is 1.48. The summed E-state index contributed by atoms with van der Waals surface area (Å²) in [5.74, 6) is -0.789. The largest absolute Gasteiger partial charge is 0.472 e. The van der Waals surface area contributed by atoms with Crippen molar-refractivity contribution in [2.75, 3.05) is 47.5 Å². The average Bonchev–Trinajstić information content (AvgIpc) is 3.45. The molecule has 0 aromatic carbocycles. The van der Waals surface area contributed by atoms with Crippen molar-refractivity contribution in [3.63, 3.8) is 0 Å². The van der Waals surface area contributed by atoms with E-state index in [0.717, 1.165) is 70.6 Å². The van der Waals surface area contributed by atoms with E-state index in [0.29, 0.717) is 17.4 Å². The minimum atomic E-state index is -4.39. The van der Waals surface area contributed by atoms with E-state index in [1.165, 1.54) is 205 Å². The SMILES string of the molecule is CC/C=C\C/C=C\C/C=C\C/C=C\C/C=C\CCCCCCCCCCCCCCCCCCCCCC(=O)OC(COC(=O)CCCCCCCCCCCCC/C=C\C/C=C\CCCCCCC)COP(=O)(O)OCC[N+](C)(C)C. The third-order valence-electron chi connectivity index (χ3n) is 14.9. The number of hydrogen-bond donors (Lipinski definition) is 1. The van der Waals surface area contributed by atoms with Crippen LogP contribution in [0.25, 0.3) is 0 Å². The summed E-state index contributed by atoms with van der Waals surface area (Å²) in [5.41, 5.74) is 0. The van der Waals surface area contributed by atoms with Gasteiger partial charge in [-0.1, -0.05) is 292 Å². The molecule has 9 nitrogen and oxygen atoms in total. The van der Waals surface area contributed by atoms with Crippen molar-refractivity contribution < 1.29 is 42.1 Å². The van der Waals surface area contributed by atoms with Gasteiger partial charge in [0, 0.05) is 12.8 Å². The normalized spacial score (nSPS) is 13.7. The molecule has 0 aliphatic rings. The lowest BCUT2D eigenvalue weighted by Gasteiger charge is -2.24. The van der Waals surface area contributed by atoms with Crippen molar-refractivity contribution in [3.8, 4) is 0 Å². The van der Waals surface area contributed by atoms with Crippen molar-refractivity contribution in [1.82, 2.24) is 0 Å². The Balaban J connectivity index is 4.02. The van der Waals surface area contributed by atoms with Crippen molar-refractivity contribution in [2.45, 2.75) is 315 Å². The Labute approximate surface area is 507 Å². The lowest BCUT2D eigenvalue weighted by Crippen LogP contribution is -2.37. The van der Waals surface area contributed by atoms with Crippen LogP contribution in [0.3, 0.4) is 0 Å². The van der Waals surface area contributed by atoms with Gasteiger partial charge in [0.25, 0.3) is 0 Å². The minimum Gasteiger partial charge on any atom is -0.462 e. The van der Waals surface area contributed by atoms with E-state index < -0.39 is 26.5 Å². The number of phosphoric acid groups is 1. The van der Waals surface area contributed by atoms with E-state index in [1.807, 2.05) is 21.1 Å². The zero-order valence-electron chi connectivity index (χ0n) is 54.2. The highest BCUT2D eigenvalue weighted by atomic mass is 31.2. The van der Waals surface area contributed by atoms with Gasteiger partial charge in [0.1, 0.15) is 19.8 Å². The van der Waals surface area contributed by atoms with Crippen LogP contribution in [0.15, 0.2) is 85.1 Å². The molecule has 0 amide bonds. The second-order valence-electron chi connectivity index (χ2n) is 24.2. The van der Waals surface area contributed by atoms with Crippen LogP contribution in [0.5, 0.6) is 0 Å². The van der Waals surface area contributed by atoms with Crippen LogP contribution in [0.2, 0.25) is 0 Å². The van der Waals surface area contributed by atoms with Crippen LogP contribution in [-0.4, -0.2) is 74.9 Å². The first-order valence-electron chi connectivity index (χ1n) is 34.3. The Bertz CT molecular complexity index is 1660. The standard InChI is InChI=1S/C72H130NO8P/c1-6-8-10-12-14-16-18-20-22-24-26-28-30-31-32-33-34-35-36-37-38-39-40-41-43-45-47-49-51-53-55-57-59-61-63-65-72(75)81-70(69-80-82(76,77)79-67-66-73(3,4)5)68-78-71(74)64-62-60-58-56-54-52-50-48-46-44-42-29-27-25-23-21-19-17-15-13-11-9-7-2/h8,10,14,16,19-22,25-28,31-32,70H,6-7,9,11-13,15,17-18,23-24,29-30,33-69H2,1-5H3/p+1/b10-8-,16-14-,21-19-,22-20-,27-25-,28-26-,32-31-. The number of allylic oxidation sites excluding steroid dienone is 14. The molecule has 10 heteroatoms. The molecule has 476 valence electrons. The maximum Gasteiger partial charge on any atom is 0.472 e. The number of unbranched alkanes of at least 4 members (excludes halogenated alkanes) is 35. The fraction of sp³-hybridized carbons (Fsp3) is 0.778. The van der Waals surface area contributed by atoms with Gasteiger partial charge < -0.3 is 18.9 Å². The third-order valence-corrected chi connectivity index (χ3v) is 15.9. The topological polar surface area (TPSA) is 108 Å². The van der Waals surface area contributed by atoms with Crippen LogP contribution < -0.4 is 0 Å². The van der Waals surface area contributed by atoms with E-state index in [-0.39, 0.29) is 32.0 Å². The van der Waals surface area contributed by atoms with Gasteiger partial charge in [-0.05, 0) is 89.9 Å². The van der Waals surface area contributed by atoms with Gasteiger partial charge in [-0.25, -0.2) is 4.57 Å². The minimum absolute atomic E-state index is 0.0306. The lowest BCUT2D eigenvalue weighted by molar-refractivity contribution is -0.870. The number of nitrogens with zero attached hydrogens (tertiary/aromatic N) is 1. The molecule has 0 aliphatic carbocycles. The molecule has 1 N–H and O–H groups in total. The summed E-state index contributed by atoms with van der Waals surface area (Å²) >= 11 is 0. The highest BCUT2D eigenvalue weighted by Crippen LogP contribution is 2.43. The van der Waals surface area contributed by atoms with Crippen molar-refractivity contribution in [3.05, 3.63) is 85.1 Å². The van der Waals surface area contributed by atoms with Crippen molar-refractivity contribution in [1.29, 1.82) is 0 Å². The van der Waals surface area contributed by atoms with Crippen LogP contribution in [0.1, 0.15) is 309 Å². The summed E-state index contributed by atoms with van der Waals surface area (Å²) < 4.78 is 34.7.